The first kappa shape index (κ1) is 14.3. The maximum absolute atomic E-state index is 12.3. The number of aryl methyl sites for hydroxylation is 1. The van der Waals surface area contributed by atoms with Gasteiger partial charge in [-0.05, 0) is 31.2 Å². The fourth-order valence-electron chi connectivity index (χ4n) is 2.48. The molecule has 2 aromatic heterocycles. The Hall–Kier alpha value is -2.63. The molecule has 2 amide bonds. The molecular weight excluding hydrogens is 278 g/mol. The van der Waals surface area contributed by atoms with Crippen molar-refractivity contribution in [2.45, 2.75) is 6.92 Å². The standard InChI is InChI=1S/C16H19N5O/c1-13-5-4-6-14(18-13)19-16(22)21-11-9-20(10-12-21)15-7-2-3-8-17-15/h2-8H,9-12H2,1H3,(H,18,19,22). The molecule has 1 N–H and O–H groups in total. The van der Waals surface area contributed by atoms with Gasteiger partial charge in [0.25, 0.3) is 0 Å². The Kier molecular flexibility index (Phi) is 4.18. The lowest BCUT2D eigenvalue weighted by Crippen LogP contribution is -2.50. The monoisotopic (exact) mass is 297 g/mol. The average molecular weight is 297 g/mol. The van der Waals surface area contributed by atoms with E-state index in [1.165, 1.54) is 0 Å². The van der Waals surface area contributed by atoms with Gasteiger partial charge in [-0.25, -0.2) is 14.8 Å². The molecule has 0 unspecified atom stereocenters. The Bertz CT molecular complexity index is 638. The number of aromatic nitrogens is 2. The van der Waals surface area contributed by atoms with Gasteiger partial charge in [-0.3, -0.25) is 5.32 Å². The SMILES string of the molecule is Cc1cccc(NC(=O)N2CCN(c3ccccn3)CC2)n1. The molecule has 6 nitrogen and oxygen atoms in total. The zero-order valence-corrected chi connectivity index (χ0v) is 12.6. The molecule has 2 aromatic rings. The lowest BCUT2D eigenvalue weighted by atomic mass is 10.3. The fourth-order valence-corrected chi connectivity index (χ4v) is 2.48. The summed E-state index contributed by atoms with van der Waals surface area (Å²) in [5.74, 6) is 1.56. The minimum absolute atomic E-state index is 0.0984. The number of hydrogen-bond acceptors (Lipinski definition) is 4. The van der Waals surface area contributed by atoms with Crippen LogP contribution in [0.25, 0.3) is 0 Å². The summed E-state index contributed by atoms with van der Waals surface area (Å²) in [6.07, 6.45) is 1.79. The third-order valence-corrected chi connectivity index (χ3v) is 3.66. The molecule has 1 fully saturated rings. The van der Waals surface area contributed by atoms with E-state index in [9.17, 15) is 4.79 Å². The molecule has 6 heteroatoms. The van der Waals surface area contributed by atoms with Crippen molar-refractivity contribution in [1.29, 1.82) is 0 Å². The van der Waals surface area contributed by atoms with Gasteiger partial charge in [-0.15, -0.1) is 0 Å². The topological polar surface area (TPSA) is 61.4 Å². The summed E-state index contributed by atoms with van der Waals surface area (Å²) in [6.45, 7) is 4.82. The van der Waals surface area contributed by atoms with Gasteiger partial charge >= 0.3 is 6.03 Å². The number of hydrogen-bond donors (Lipinski definition) is 1. The van der Waals surface area contributed by atoms with Crippen LogP contribution in [0.1, 0.15) is 5.69 Å². The molecule has 0 aromatic carbocycles. The molecule has 0 bridgehead atoms. The van der Waals surface area contributed by atoms with Crippen LogP contribution >= 0.6 is 0 Å². The summed E-state index contributed by atoms with van der Waals surface area (Å²) in [6, 6.07) is 11.4. The van der Waals surface area contributed by atoms with Crippen molar-refractivity contribution in [3.05, 3.63) is 48.3 Å². The summed E-state index contributed by atoms with van der Waals surface area (Å²) in [4.78, 5) is 24.9. The van der Waals surface area contributed by atoms with Crippen LogP contribution in [0.4, 0.5) is 16.4 Å². The van der Waals surface area contributed by atoms with Gasteiger partial charge in [0.05, 0.1) is 0 Å². The minimum Gasteiger partial charge on any atom is -0.353 e. The predicted molar refractivity (Wildman–Crippen MR) is 86.0 cm³/mol. The quantitative estimate of drug-likeness (QED) is 0.922. The highest BCUT2D eigenvalue weighted by Gasteiger charge is 2.21. The van der Waals surface area contributed by atoms with Crippen LogP contribution in [0.5, 0.6) is 0 Å². The molecule has 3 heterocycles. The second-order valence-electron chi connectivity index (χ2n) is 5.26. The molecule has 22 heavy (non-hydrogen) atoms. The van der Waals surface area contributed by atoms with E-state index in [-0.39, 0.29) is 6.03 Å². The highest BCUT2D eigenvalue weighted by atomic mass is 16.2. The first-order valence-corrected chi connectivity index (χ1v) is 7.38. The highest BCUT2D eigenvalue weighted by Crippen LogP contribution is 2.13. The third-order valence-electron chi connectivity index (χ3n) is 3.66. The molecular formula is C16H19N5O. The van der Waals surface area contributed by atoms with Crippen LogP contribution in [0.3, 0.4) is 0 Å². The summed E-state index contributed by atoms with van der Waals surface area (Å²) in [5, 5.41) is 2.85. The van der Waals surface area contributed by atoms with Gasteiger partial charge in [-0.2, -0.15) is 0 Å². The van der Waals surface area contributed by atoms with Gasteiger partial charge < -0.3 is 9.80 Å². The molecule has 3 rings (SSSR count). The molecule has 0 aliphatic carbocycles. The first-order valence-electron chi connectivity index (χ1n) is 7.38. The van der Waals surface area contributed by atoms with E-state index in [0.717, 1.165) is 24.6 Å². The number of nitrogens with one attached hydrogen (secondary N) is 1. The van der Waals surface area contributed by atoms with Crippen molar-refractivity contribution in [3.63, 3.8) is 0 Å². The normalized spacial score (nSPS) is 14.8. The molecule has 0 atom stereocenters. The van der Waals surface area contributed by atoms with E-state index < -0.39 is 0 Å². The van der Waals surface area contributed by atoms with Crippen LogP contribution in [0.2, 0.25) is 0 Å². The first-order chi connectivity index (χ1) is 10.7. The molecule has 114 valence electrons. The van der Waals surface area contributed by atoms with Crippen molar-refractivity contribution >= 4 is 17.7 Å². The van der Waals surface area contributed by atoms with E-state index in [2.05, 4.69) is 20.2 Å². The molecule has 0 saturated carbocycles. The highest BCUT2D eigenvalue weighted by molar-refractivity contribution is 5.88. The van der Waals surface area contributed by atoms with Gasteiger partial charge in [0.1, 0.15) is 11.6 Å². The van der Waals surface area contributed by atoms with Crippen molar-refractivity contribution < 1.29 is 4.79 Å². The zero-order chi connectivity index (χ0) is 15.4. The van der Waals surface area contributed by atoms with Crippen molar-refractivity contribution in [2.24, 2.45) is 0 Å². The van der Waals surface area contributed by atoms with Gasteiger partial charge in [-0.1, -0.05) is 12.1 Å². The zero-order valence-electron chi connectivity index (χ0n) is 12.6. The molecule has 1 saturated heterocycles. The van der Waals surface area contributed by atoms with Gasteiger partial charge in [0.15, 0.2) is 0 Å². The molecule has 0 radical (unpaired) electrons. The van der Waals surface area contributed by atoms with Crippen LogP contribution in [-0.2, 0) is 0 Å². The number of rotatable bonds is 2. The molecule has 1 aliphatic heterocycles. The Morgan fingerprint density at radius 3 is 2.59 bits per heavy atom. The number of pyridine rings is 2. The van der Waals surface area contributed by atoms with E-state index in [4.69, 9.17) is 0 Å². The van der Waals surface area contributed by atoms with Crippen LogP contribution in [-0.4, -0.2) is 47.1 Å². The maximum Gasteiger partial charge on any atom is 0.323 e. The third kappa shape index (κ3) is 3.33. The summed E-state index contributed by atoms with van der Waals surface area (Å²) in [7, 11) is 0. The number of anilines is 2. The second kappa shape index (κ2) is 6.43. The minimum atomic E-state index is -0.0984. The van der Waals surface area contributed by atoms with Crippen molar-refractivity contribution in [1.82, 2.24) is 14.9 Å². The number of piperazine rings is 1. The average Bonchev–Trinajstić information content (AvgIpc) is 2.56. The number of urea groups is 1. The fraction of sp³-hybridized carbons (Fsp3) is 0.312. The number of carbonyl (C=O) groups excluding carboxylic acids is 1. The van der Waals surface area contributed by atoms with Gasteiger partial charge in [0.2, 0.25) is 0 Å². The number of carbonyl (C=O) groups is 1. The molecule has 1 aliphatic rings. The van der Waals surface area contributed by atoms with E-state index in [0.29, 0.717) is 18.9 Å². The van der Waals surface area contributed by atoms with Gasteiger partial charge in [0, 0.05) is 38.1 Å². The van der Waals surface area contributed by atoms with Crippen LogP contribution < -0.4 is 10.2 Å². The van der Waals surface area contributed by atoms with Crippen LogP contribution in [0, 0.1) is 6.92 Å². The number of amides is 2. The Balaban J connectivity index is 1.56. The van der Waals surface area contributed by atoms with Crippen LogP contribution in [0.15, 0.2) is 42.6 Å². The van der Waals surface area contributed by atoms with E-state index >= 15 is 0 Å². The summed E-state index contributed by atoms with van der Waals surface area (Å²) < 4.78 is 0. The predicted octanol–water partition coefficient (Wildman–Crippen LogP) is 2.14. The Labute approximate surface area is 129 Å². The lowest BCUT2D eigenvalue weighted by Gasteiger charge is -2.35. The van der Waals surface area contributed by atoms with Crippen molar-refractivity contribution in [2.75, 3.05) is 36.4 Å². The Morgan fingerprint density at radius 1 is 1.09 bits per heavy atom. The lowest BCUT2D eigenvalue weighted by molar-refractivity contribution is 0.208. The maximum atomic E-state index is 12.3. The molecule has 0 spiro atoms. The van der Waals surface area contributed by atoms with E-state index in [1.807, 2.05) is 42.2 Å². The largest absolute Gasteiger partial charge is 0.353 e. The summed E-state index contributed by atoms with van der Waals surface area (Å²) >= 11 is 0. The smallest absolute Gasteiger partial charge is 0.323 e. The van der Waals surface area contributed by atoms with E-state index in [1.54, 1.807) is 12.3 Å². The van der Waals surface area contributed by atoms with Crippen molar-refractivity contribution in [3.8, 4) is 0 Å². The summed E-state index contributed by atoms with van der Waals surface area (Å²) in [5.41, 5.74) is 0.887. The Morgan fingerprint density at radius 2 is 1.91 bits per heavy atom. The second-order valence-corrected chi connectivity index (χ2v) is 5.26. The number of nitrogens with zero attached hydrogens (tertiary/aromatic N) is 4.